The van der Waals surface area contributed by atoms with Gasteiger partial charge in [0.2, 0.25) is 0 Å². The van der Waals surface area contributed by atoms with Gasteiger partial charge in [-0.05, 0) is 51.3 Å². The largest absolute Gasteiger partial charge is 0.206 e. The molecule has 88 valence electrons. The second-order valence-corrected chi connectivity index (χ2v) is 5.79. The molecule has 0 aliphatic carbocycles. The predicted octanol–water partition coefficient (Wildman–Crippen LogP) is 5.68. The van der Waals surface area contributed by atoms with E-state index in [2.05, 4.69) is 31.9 Å². The fourth-order valence-corrected chi connectivity index (χ4v) is 2.44. The molecule has 17 heavy (non-hydrogen) atoms. The first-order valence-electron chi connectivity index (χ1n) is 4.92. The van der Waals surface area contributed by atoms with Crippen LogP contribution in [0.1, 0.15) is 16.5 Å². The van der Waals surface area contributed by atoms with Gasteiger partial charge < -0.3 is 0 Å². The van der Waals surface area contributed by atoms with Crippen molar-refractivity contribution in [1.82, 2.24) is 0 Å². The highest BCUT2D eigenvalue weighted by atomic mass is 79.9. The van der Waals surface area contributed by atoms with Gasteiger partial charge in [0.05, 0.1) is 9.85 Å². The zero-order valence-electron chi connectivity index (χ0n) is 8.63. The lowest BCUT2D eigenvalue weighted by molar-refractivity contribution is 0.620. The average molecular weight is 378 g/mol. The fraction of sp³-hybridized carbons (Fsp3) is 0.0769. The second kappa shape index (κ2) is 5.51. The Bertz CT molecular complexity index is 525. The van der Waals surface area contributed by atoms with Crippen molar-refractivity contribution < 1.29 is 4.39 Å². The van der Waals surface area contributed by atoms with Crippen LogP contribution in [0.4, 0.5) is 4.39 Å². The van der Waals surface area contributed by atoms with Gasteiger partial charge >= 0.3 is 0 Å². The Morgan fingerprint density at radius 1 is 0.941 bits per heavy atom. The second-order valence-electron chi connectivity index (χ2n) is 3.59. The molecule has 0 fully saturated rings. The first-order chi connectivity index (χ1) is 8.08. The van der Waals surface area contributed by atoms with Crippen molar-refractivity contribution in [3.05, 3.63) is 68.4 Å². The summed E-state index contributed by atoms with van der Waals surface area (Å²) >= 11 is 12.9. The molecule has 0 N–H and O–H groups in total. The third-order valence-electron chi connectivity index (χ3n) is 2.40. The molecule has 0 amide bonds. The summed E-state index contributed by atoms with van der Waals surface area (Å²) in [5.74, 6) is -0.284. The minimum absolute atomic E-state index is 0.278. The van der Waals surface area contributed by atoms with Gasteiger partial charge in [0, 0.05) is 4.47 Å². The summed E-state index contributed by atoms with van der Waals surface area (Å²) in [6.07, 6.45) is 0. The first kappa shape index (κ1) is 13.1. The van der Waals surface area contributed by atoms with Crippen molar-refractivity contribution in [3.63, 3.8) is 0 Å². The summed E-state index contributed by atoms with van der Waals surface area (Å²) in [5, 5.41) is -0.278. The molecule has 0 spiro atoms. The van der Waals surface area contributed by atoms with E-state index in [9.17, 15) is 4.39 Å². The van der Waals surface area contributed by atoms with Crippen LogP contribution in [0.15, 0.2) is 51.4 Å². The molecule has 2 rings (SSSR count). The summed E-state index contributed by atoms with van der Waals surface area (Å²) in [6, 6.07) is 12.6. The Kier molecular flexibility index (Phi) is 4.23. The van der Waals surface area contributed by atoms with Gasteiger partial charge in [-0.3, -0.25) is 0 Å². The van der Waals surface area contributed by atoms with Crippen LogP contribution in [0.2, 0.25) is 0 Å². The van der Waals surface area contributed by atoms with Crippen molar-refractivity contribution in [3.8, 4) is 0 Å². The topological polar surface area (TPSA) is 0 Å². The lowest BCUT2D eigenvalue weighted by Crippen LogP contribution is -1.93. The van der Waals surface area contributed by atoms with Gasteiger partial charge in [0.25, 0.3) is 0 Å². The summed E-state index contributed by atoms with van der Waals surface area (Å²) in [6.45, 7) is 0. The first-order valence-corrected chi connectivity index (χ1v) is 6.94. The third kappa shape index (κ3) is 3.09. The molecule has 0 saturated carbocycles. The zero-order chi connectivity index (χ0) is 12.4. The lowest BCUT2D eigenvalue weighted by Gasteiger charge is -2.11. The molecule has 0 radical (unpaired) electrons. The maximum Gasteiger partial charge on any atom is 0.137 e. The molecule has 0 aliphatic rings. The smallest absolute Gasteiger partial charge is 0.137 e. The number of benzene rings is 2. The highest BCUT2D eigenvalue weighted by Crippen LogP contribution is 2.31. The number of hydrogen-bond donors (Lipinski definition) is 0. The Balaban J connectivity index is 2.33. The van der Waals surface area contributed by atoms with E-state index in [4.69, 9.17) is 11.6 Å². The molecular formula is C13H8Br2ClF. The van der Waals surface area contributed by atoms with Gasteiger partial charge in [-0.1, -0.05) is 34.1 Å². The van der Waals surface area contributed by atoms with Gasteiger partial charge in [0.1, 0.15) is 5.82 Å². The van der Waals surface area contributed by atoms with Crippen molar-refractivity contribution in [2.45, 2.75) is 5.38 Å². The van der Waals surface area contributed by atoms with Gasteiger partial charge in [0.15, 0.2) is 0 Å². The molecular weight excluding hydrogens is 370 g/mol. The van der Waals surface area contributed by atoms with Crippen LogP contribution in [0.3, 0.4) is 0 Å². The van der Waals surface area contributed by atoms with E-state index in [1.54, 1.807) is 12.1 Å². The van der Waals surface area contributed by atoms with Crippen LogP contribution < -0.4 is 0 Å². The molecule has 0 aromatic heterocycles. The van der Waals surface area contributed by atoms with Crippen molar-refractivity contribution >= 4 is 43.5 Å². The van der Waals surface area contributed by atoms with Crippen LogP contribution in [-0.2, 0) is 0 Å². The number of halogens is 4. The van der Waals surface area contributed by atoms with Crippen molar-refractivity contribution in [2.75, 3.05) is 0 Å². The summed E-state index contributed by atoms with van der Waals surface area (Å²) < 4.78 is 14.6. The van der Waals surface area contributed by atoms with Crippen molar-refractivity contribution in [2.24, 2.45) is 0 Å². The van der Waals surface area contributed by atoms with Gasteiger partial charge in [-0.25, -0.2) is 4.39 Å². The molecule has 1 atom stereocenters. The van der Waals surface area contributed by atoms with E-state index >= 15 is 0 Å². The van der Waals surface area contributed by atoms with Crippen LogP contribution in [0, 0.1) is 5.82 Å². The highest BCUT2D eigenvalue weighted by Gasteiger charge is 2.12. The Labute approximate surface area is 121 Å². The van der Waals surface area contributed by atoms with Crippen molar-refractivity contribution in [1.29, 1.82) is 0 Å². The summed E-state index contributed by atoms with van der Waals surface area (Å²) in [5.41, 5.74) is 1.84. The van der Waals surface area contributed by atoms with Crippen LogP contribution in [0.25, 0.3) is 0 Å². The Morgan fingerprint density at radius 3 is 2.12 bits per heavy atom. The van der Waals surface area contributed by atoms with E-state index in [1.165, 1.54) is 6.07 Å². The zero-order valence-corrected chi connectivity index (χ0v) is 12.6. The SMILES string of the molecule is Fc1ccc(C(Cl)c2ccc(Br)cc2)cc1Br. The molecule has 2 aromatic carbocycles. The molecule has 0 saturated heterocycles. The number of alkyl halides is 1. The predicted molar refractivity (Wildman–Crippen MR) is 75.9 cm³/mol. The molecule has 0 aliphatic heterocycles. The molecule has 0 bridgehead atoms. The lowest BCUT2D eigenvalue weighted by atomic mass is 10.0. The molecule has 2 aromatic rings. The van der Waals surface area contributed by atoms with E-state index < -0.39 is 0 Å². The molecule has 0 heterocycles. The molecule has 0 nitrogen and oxygen atoms in total. The Hall–Kier alpha value is -0.380. The monoisotopic (exact) mass is 376 g/mol. The number of hydrogen-bond acceptors (Lipinski definition) is 0. The molecule has 1 unspecified atom stereocenters. The van der Waals surface area contributed by atoms with E-state index in [1.807, 2.05) is 24.3 Å². The van der Waals surface area contributed by atoms with E-state index in [0.29, 0.717) is 4.47 Å². The number of rotatable bonds is 2. The fourth-order valence-electron chi connectivity index (χ4n) is 1.49. The Morgan fingerprint density at radius 2 is 1.53 bits per heavy atom. The minimum Gasteiger partial charge on any atom is -0.206 e. The van der Waals surface area contributed by atoms with Crippen LogP contribution in [-0.4, -0.2) is 0 Å². The van der Waals surface area contributed by atoms with E-state index in [0.717, 1.165) is 15.6 Å². The maximum absolute atomic E-state index is 13.1. The summed E-state index contributed by atoms with van der Waals surface area (Å²) in [7, 11) is 0. The minimum atomic E-state index is -0.284. The maximum atomic E-state index is 13.1. The van der Waals surface area contributed by atoms with Crippen LogP contribution >= 0.6 is 43.5 Å². The average Bonchev–Trinajstić information content (AvgIpc) is 2.33. The third-order valence-corrected chi connectivity index (χ3v) is 4.04. The summed E-state index contributed by atoms with van der Waals surface area (Å²) in [4.78, 5) is 0. The van der Waals surface area contributed by atoms with Crippen LogP contribution in [0.5, 0.6) is 0 Å². The quantitative estimate of drug-likeness (QED) is 0.590. The normalized spacial score (nSPS) is 12.5. The highest BCUT2D eigenvalue weighted by molar-refractivity contribution is 9.10. The molecule has 4 heteroatoms. The standard InChI is InChI=1S/C13H8Br2ClF/c14-10-4-1-8(2-5-10)13(16)9-3-6-12(17)11(15)7-9/h1-7,13H. The van der Waals surface area contributed by atoms with Gasteiger partial charge in [-0.15, -0.1) is 11.6 Å². The van der Waals surface area contributed by atoms with E-state index in [-0.39, 0.29) is 11.2 Å². The van der Waals surface area contributed by atoms with Gasteiger partial charge in [-0.2, -0.15) is 0 Å².